The number of sulfone groups is 2. The van der Waals surface area contributed by atoms with Crippen LogP contribution in [0, 0.1) is 11.8 Å². The van der Waals surface area contributed by atoms with Crippen LogP contribution in [0.25, 0.3) is 0 Å². The van der Waals surface area contributed by atoms with E-state index in [1.54, 1.807) is 24.3 Å². The number of carbonyl (C=O) groups is 2. The average molecular weight is 761 g/mol. The maximum atomic E-state index is 12.2. The Morgan fingerprint density at radius 2 is 1.00 bits per heavy atom. The van der Waals surface area contributed by atoms with Gasteiger partial charge in [0.05, 0.1) is 21.3 Å². The Bertz CT molecular complexity index is 1400. The van der Waals surface area contributed by atoms with Crippen molar-refractivity contribution in [1.29, 1.82) is 0 Å². The molecule has 51 heavy (non-hydrogen) atoms. The highest BCUT2D eigenvalue weighted by Crippen LogP contribution is 2.34. The van der Waals surface area contributed by atoms with E-state index >= 15 is 0 Å². The summed E-state index contributed by atoms with van der Waals surface area (Å²) in [6.45, 7) is 27.7. The standard InChI is InChI=1S/2C14H18O4S.6C2H6.CH4/c1-2-6-19(17,18)13-5-3-4-11-7-10(8-12(11)13)9-14(15)16;1-2-5-19(17,18)13-4-3-11-6-10(8-14(15)16)7-12(11)9-13;6*1-2;/h3-5,10H,2,6-9H2,1H3,(H,15,16);3-4,9-10H,2,5-8H2,1H3,(H,15,16);6*1-2H3;1H4. The summed E-state index contributed by atoms with van der Waals surface area (Å²) in [4.78, 5) is 22.3. The Balaban J connectivity index is -0.000000210. The first-order valence-electron chi connectivity index (χ1n) is 19.0. The number of carboxylic acid groups (broad SMARTS) is 2. The lowest BCUT2D eigenvalue weighted by molar-refractivity contribution is -0.139. The van der Waals surface area contributed by atoms with Crippen LogP contribution in [0.15, 0.2) is 46.2 Å². The molecule has 0 aliphatic heterocycles. The summed E-state index contributed by atoms with van der Waals surface area (Å²) < 4.78 is 48.4. The smallest absolute Gasteiger partial charge is 0.303 e. The van der Waals surface area contributed by atoms with Gasteiger partial charge >= 0.3 is 11.9 Å². The zero-order chi connectivity index (χ0) is 40.1. The van der Waals surface area contributed by atoms with Gasteiger partial charge in [-0.15, -0.1) is 0 Å². The lowest BCUT2D eigenvalue weighted by Gasteiger charge is -2.09. The zero-order valence-corrected chi connectivity index (χ0v) is 35.5. The molecule has 0 aromatic heterocycles. The molecule has 2 aromatic rings. The second-order valence-electron chi connectivity index (χ2n) is 10.2. The van der Waals surface area contributed by atoms with E-state index in [1.807, 2.05) is 109 Å². The van der Waals surface area contributed by atoms with E-state index in [2.05, 4.69) is 0 Å². The summed E-state index contributed by atoms with van der Waals surface area (Å²) >= 11 is 0. The van der Waals surface area contributed by atoms with Crippen molar-refractivity contribution in [3.8, 4) is 0 Å². The van der Waals surface area contributed by atoms with Crippen molar-refractivity contribution >= 4 is 31.6 Å². The van der Waals surface area contributed by atoms with Crippen molar-refractivity contribution in [3.05, 3.63) is 58.7 Å². The lowest BCUT2D eigenvalue weighted by Crippen LogP contribution is -2.10. The molecule has 4 rings (SSSR count). The molecule has 2 unspecified atom stereocenters. The van der Waals surface area contributed by atoms with E-state index in [-0.39, 0.29) is 43.6 Å². The molecule has 0 saturated carbocycles. The van der Waals surface area contributed by atoms with Gasteiger partial charge < -0.3 is 10.2 Å². The highest BCUT2D eigenvalue weighted by Gasteiger charge is 2.29. The van der Waals surface area contributed by atoms with Crippen LogP contribution in [0.1, 0.15) is 152 Å². The van der Waals surface area contributed by atoms with E-state index < -0.39 is 31.6 Å². The second-order valence-corrected chi connectivity index (χ2v) is 14.4. The molecule has 8 nitrogen and oxygen atoms in total. The molecule has 0 saturated heterocycles. The van der Waals surface area contributed by atoms with Crippen LogP contribution in [0.3, 0.4) is 0 Å². The summed E-state index contributed by atoms with van der Waals surface area (Å²) in [5.41, 5.74) is 3.90. The first-order valence-corrected chi connectivity index (χ1v) is 22.3. The normalized spacial score (nSPS) is 14.3. The molecule has 2 atom stereocenters. The summed E-state index contributed by atoms with van der Waals surface area (Å²) in [5, 5.41) is 17.7. The van der Waals surface area contributed by atoms with Crippen molar-refractivity contribution in [1.82, 2.24) is 0 Å². The lowest BCUT2D eigenvalue weighted by atomic mass is 10.0. The van der Waals surface area contributed by atoms with Crippen molar-refractivity contribution < 1.29 is 36.6 Å². The highest BCUT2D eigenvalue weighted by atomic mass is 32.2. The van der Waals surface area contributed by atoms with Gasteiger partial charge in [0, 0.05) is 12.8 Å². The van der Waals surface area contributed by atoms with Gasteiger partial charge in [-0.25, -0.2) is 16.8 Å². The van der Waals surface area contributed by atoms with Crippen LogP contribution in [-0.4, -0.2) is 50.5 Å². The van der Waals surface area contributed by atoms with E-state index in [0.29, 0.717) is 41.9 Å². The second kappa shape index (κ2) is 33.1. The quantitative estimate of drug-likeness (QED) is 0.244. The predicted molar refractivity (Wildman–Crippen MR) is 219 cm³/mol. The Morgan fingerprint density at radius 1 is 0.588 bits per heavy atom. The highest BCUT2D eigenvalue weighted by molar-refractivity contribution is 7.91. The van der Waals surface area contributed by atoms with Gasteiger partial charge in [-0.05, 0) is 90.8 Å². The third-order valence-electron chi connectivity index (χ3n) is 6.99. The summed E-state index contributed by atoms with van der Waals surface area (Å²) in [7, 11) is -6.42. The largest absolute Gasteiger partial charge is 0.481 e. The van der Waals surface area contributed by atoms with Crippen molar-refractivity contribution in [2.24, 2.45) is 11.8 Å². The SMILES string of the molecule is C.CC.CC.CC.CC.CC.CC.CCCS(=O)(=O)c1ccc2c(c1)CC(CC(=O)O)C2.CCCS(=O)(=O)c1cccc2c1CC(CC(=O)O)C2. The Labute approximate surface area is 314 Å². The van der Waals surface area contributed by atoms with Gasteiger partial charge in [-0.2, -0.15) is 0 Å². The van der Waals surface area contributed by atoms with Gasteiger partial charge in [0.2, 0.25) is 0 Å². The van der Waals surface area contributed by atoms with Gasteiger partial charge in [0.25, 0.3) is 0 Å². The number of fused-ring (bicyclic) bond motifs is 2. The fourth-order valence-corrected chi connectivity index (χ4v) is 8.43. The van der Waals surface area contributed by atoms with E-state index in [1.165, 1.54) is 0 Å². The van der Waals surface area contributed by atoms with Gasteiger partial charge in [0.15, 0.2) is 19.7 Å². The summed E-state index contributed by atoms with van der Waals surface area (Å²) in [6, 6.07) is 10.5. The number of hydrogen-bond acceptors (Lipinski definition) is 6. The van der Waals surface area contributed by atoms with Crippen LogP contribution in [0.2, 0.25) is 0 Å². The van der Waals surface area contributed by atoms with Crippen LogP contribution < -0.4 is 0 Å². The number of hydrogen-bond donors (Lipinski definition) is 2. The zero-order valence-electron chi connectivity index (χ0n) is 33.9. The fraction of sp³-hybridized carbons (Fsp3) is 0.659. The Kier molecular flexibility index (Phi) is 37.4. The number of aliphatic carboxylic acids is 2. The molecule has 2 aliphatic rings. The minimum absolute atomic E-state index is 0. The average Bonchev–Trinajstić information content (AvgIpc) is 3.72. The van der Waals surface area contributed by atoms with Crippen molar-refractivity contribution in [3.63, 3.8) is 0 Å². The van der Waals surface area contributed by atoms with Gasteiger partial charge in [-0.3, -0.25) is 9.59 Å². The molecule has 2 aliphatic carbocycles. The summed E-state index contributed by atoms with van der Waals surface area (Å²) in [6.07, 6.45) is 4.05. The molecule has 2 aromatic carbocycles. The number of benzene rings is 2. The monoisotopic (exact) mass is 760 g/mol. The molecular formula is C41H76O8S2. The van der Waals surface area contributed by atoms with Crippen LogP contribution >= 0.6 is 0 Å². The maximum Gasteiger partial charge on any atom is 0.303 e. The van der Waals surface area contributed by atoms with Crippen LogP contribution in [0.5, 0.6) is 0 Å². The molecule has 0 amide bonds. The van der Waals surface area contributed by atoms with Crippen LogP contribution in [0.4, 0.5) is 0 Å². The number of carboxylic acids is 2. The number of rotatable bonds is 10. The molecule has 0 spiro atoms. The first-order chi connectivity index (χ1) is 23.9. The first kappa shape index (κ1) is 57.6. The molecule has 2 N–H and O–H groups in total. The van der Waals surface area contributed by atoms with Gasteiger partial charge in [-0.1, -0.05) is 123 Å². The maximum absolute atomic E-state index is 12.2. The molecule has 300 valence electrons. The van der Waals surface area contributed by atoms with E-state index in [9.17, 15) is 26.4 Å². The molecule has 0 radical (unpaired) electrons. The molecule has 0 heterocycles. The molecule has 0 fully saturated rings. The van der Waals surface area contributed by atoms with Crippen LogP contribution in [-0.2, 0) is 54.9 Å². The van der Waals surface area contributed by atoms with Crippen molar-refractivity contribution in [2.45, 2.75) is 166 Å². The van der Waals surface area contributed by atoms with Crippen molar-refractivity contribution in [2.75, 3.05) is 11.5 Å². The Morgan fingerprint density at radius 3 is 1.45 bits per heavy atom. The fourth-order valence-electron chi connectivity index (χ4n) is 5.42. The molecule has 0 bridgehead atoms. The Hall–Kier alpha value is -2.72. The third kappa shape index (κ3) is 20.8. The minimum Gasteiger partial charge on any atom is -0.481 e. The van der Waals surface area contributed by atoms with E-state index in [0.717, 1.165) is 28.7 Å². The molecular weight excluding hydrogens is 685 g/mol. The predicted octanol–water partition coefficient (Wildman–Crippen LogP) is 10.9. The van der Waals surface area contributed by atoms with Gasteiger partial charge in [0.1, 0.15) is 0 Å². The topological polar surface area (TPSA) is 143 Å². The molecule has 10 heteroatoms. The summed E-state index contributed by atoms with van der Waals surface area (Å²) in [5.74, 6) is -1.20. The third-order valence-corrected chi connectivity index (χ3v) is 10.9. The van der Waals surface area contributed by atoms with E-state index in [4.69, 9.17) is 10.2 Å². The minimum atomic E-state index is -3.23.